The number of benzene rings is 1. The van der Waals surface area contributed by atoms with Crippen LogP contribution in [0.2, 0.25) is 121 Å². The molecule has 0 nitrogen and oxygen atoms in total. The maximum absolute atomic E-state index is 3.49. The molecular weight excluding hydrogens is 862 g/mol. The summed E-state index contributed by atoms with van der Waals surface area (Å²) in [5.41, 5.74) is 5.61. The number of hydrogen-bond acceptors (Lipinski definition) is 0. The van der Waals surface area contributed by atoms with Crippen LogP contribution in [0.1, 0.15) is 32.2 Å². The molecule has 0 aliphatic carbocycles. The van der Waals surface area contributed by atoms with Crippen molar-refractivity contribution < 1.29 is 0 Å². The van der Waals surface area contributed by atoms with Gasteiger partial charge in [-0.2, -0.15) is 0 Å². The van der Waals surface area contributed by atoms with Crippen LogP contribution in [0.4, 0.5) is 0 Å². The molecule has 1 heterocycles. The molecule has 0 bridgehead atoms. The number of hydrogen-bond donors (Lipinski definition) is 0. The van der Waals surface area contributed by atoms with E-state index in [0.717, 1.165) is 19.1 Å². The van der Waals surface area contributed by atoms with Crippen LogP contribution >= 0.6 is 0 Å². The SMILES string of the molecule is C[Si](C)(C)C(c1cc(C([Si](C)(C)C)[Si](C)(C)C)[c]([Ge]2[CH]=CC=C[CH]2[Se][Se][Se])c(C([Si](C)(C)C)[Si](C)(C)C)c1)[Si](C)(C)C. The Morgan fingerprint density at radius 2 is 0.929 bits per heavy atom. The van der Waals surface area contributed by atoms with Crippen LogP contribution in [0.3, 0.4) is 0 Å². The van der Waals surface area contributed by atoms with E-state index in [1.165, 1.54) is 0 Å². The molecular formula is C32H64GeSe3Si6. The molecule has 0 spiro atoms. The molecule has 0 saturated carbocycles. The Hall–Kier alpha value is 2.10. The molecule has 0 N–H and O–H groups in total. The van der Waals surface area contributed by atoms with Crippen molar-refractivity contribution in [2.45, 2.75) is 137 Å². The minimum atomic E-state index is -1.74. The minimum absolute atomic E-state index is 0.653. The first kappa shape index (κ1) is 40.3. The normalized spacial score (nSPS) is 18.2. The molecule has 1 atom stereocenters. The van der Waals surface area contributed by atoms with E-state index in [-0.39, 0.29) is 0 Å². The second-order valence-corrected chi connectivity index (χ2v) is 72.9. The van der Waals surface area contributed by atoms with E-state index < -0.39 is 62.8 Å². The van der Waals surface area contributed by atoms with Crippen LogP contribution < -0.4 is 4.40 Å². The summed E-state index contributed by atoms with van der Waals surface area (Å²) in [5, 5.41) is 2.40. The summed E-state index contributed by atoms with van der Waals surface area (Å²) < 4.78 is 2.83. The molecule has 1 aromatic rings. The molecule has 2 rings (SSSR count). The van der Waals surface area contributed by atoms with E-state index in [0.29, 0.717) is 24.4 Å². The quantitative estimate of drug-likeness (QED) is 0.184. The van der Waals surface area contributed by atoms with Crippen molar-refractivity contribution in [3.05, 3.63) is 52.0 Å². The maximum atomic E-state index is 3.49. The van der Waals surface area contributed by atoms with E-state index in [2.05, 4.69) is 167 Å². The standard InChI is InChI=1S/C32H64GeSe3Si6/c1-37(2,3)30(38(4,5)6)25-23-26(31(39(7,8)9)40(10,11)12)29(33-22-20-19-21-28(33)35-36-34)27(24-25)32(41(13,14)15)42(16,17)18/h19-24,28,30-32H,1-18H3. The Morgan fingerprint density at radius 3 is 1.24 bits per heavy atom. The fraction of sp³-hybridized carbons (Fsp3) is 0.688. The van der Waals surface area contributed by atoms with Crippen molar-refractivity contribution in [3.63, 3.8) is 0 Å². The summed E-state index contributed by atoms with van der Waals surface area (Å²) in [6.45, 7) is 48.6. The van der Waals surface area contributed by atoms with Crippen molar-refractivity contribution in [1.82, 2.24) is 0 Å². The van der Waals surface area contributed by atoms with E-state index in [1.807, 2.05) is 15.5 Å². The molecule has 42 heavy (non-hydrogen) atoms. The summed E-state index contributed by atoms with van der Waals surface area (Å²) in [4.78, 5) is 2.81. The van der Waals surface area contributed by atoms with Gasteiger partial charge < -0.3 is 0 Å². The predicted octanol–water partition coefficient (Wildman–Crippen LogP) is 9.30. The van der Waals surface area contributed by atoms with E-state index in [9.17, 15) is 0 Å². The Morgan fingerprint density at radius 1 is 0.571 bits per heavy atom. The molecule has 1 unspecified atom stereocenters. The predicted molar refractivity (Wildman–Crippen MR) is 219 cm³/mol. The van der Waals surface area contributed by atoms with Gasteiger partial charge in [0.05, 0.1) is 0 Å². The summed E-state index contributed by atoms with van der Waals surface area (Å²) in [7, 11) is -8.91. The molecule has 1 aliphatic rings. The number of rotatable bonds is 12. The average molecular weight is 927 g/mol. The molecule has 0 aromatic heterocycles. The van der Waals surface area contributed by atoms with E-state index in [1.54, 1.807) is 5.56 Å². The average Bonchev–Trinajstić information content (AvgIpc) is 2.68. The van der Waals surface area contributed by atoms with Gasteiger partial charge in [-0.3, -0.25) is 0 Å². The van der Waals surface area contributed by atoms with Crippen LogP contribution in [0.15, 0.2) is 35.3 Å². The van der Waals surface area contributed by atoms with Crippen LogP contribution in [-0.2, 0) is 0 Å². The fourth-order valence-corrected chi connectivity index (χ4v) is 81.5. The van der Waals surface area contributed by atoms with Gasteiger partial charge in [0, 0.05) is 0 Å². The summed E-state index contributed by atoms with van der Waals surface area (Å²) >= 11 is 3.10. The first-order valence-electron chi connectivity index (χ1n) is 16.0. The van der Waals surface area contributed by atoms with Gasteiger partial charge >= 0.3 is 295 Å². The molecule has 2 radical (unpaired) electrons. The van der Waals surface area contributed by atoms with Gasteiger partial charge in [-0.1, -0.05) is 0 Å². The van der Waals surface area contributed by atoms with Gasteiger partial charge in [0.2, 0.25) is 0 Å². The Balaban J connectivity index is 3.35. The van der Waals surface area contributed by atoms with E-state index >= 15 is 0 Å². The zero-order valence-electron chi connectivity index (χ0n) is 30.5. The number of allylic oxidation sites excluding steroid dienone is 3. The first-order valence-corrected chi connectivity index (χ1v) is 50.6. The topological polar surface area (TPSA) is 0 Å². The van der Waals surface area contributed by atoms with Gasteiger partial charge in [0.15, 0.2) is 0 Å². The monoisotopic (exact) mass is 930 g/mol. The van der Waals surface area contributed by atoms with Crippen molar-refractivity contribution in [1.29, 1.82) is 0 Å². The van der Waals surface area contributed by atoms with Gasteiger partial charge in [-0.25, -0.2) is 0 Å². The molecule has 10 heteroatoms. The van der Waals surface area contributed by atoms with Gasteiger partial charge in [-0.15, -0.1) is 0 Å². The summed E-state index contributed by atoms with van der Waals surface area (Å²) in [6.07, 6.45) is 7.54. The van der Waals surface area contributed by atoms with Crippen LogP contribution in [0, 0.1) is 0 Å². The molecule has 1 aliphatic heterocycles. The Kier molecular flexibility index (Phi) is 13.7. The Labute approximate surface area is 291 Å². The van der Waals surface area contributed by atoms with Crippen LogP contribution in [-0.4, -0.2) is 101 Å². The second kappa shape index (κ2) is 14.3. The summed E-state index contributed by atoms with van der Waals surface area (Å²) in [6, 6.07) is 5.87. The molecule has 238 valence electrons. The van der Waals surface area contributed by atoms with Gasteiger partial charge in [0.25, 0.3) is 0 Å². The zero-order valence-corrected chi connectivity index (χ0v) is 43.7. The van der Waals surface area contributed by atoms with Crippen molar-refractivity contribution >= 4 is 106 Å². The van der Waals surface area contributed by atoms with Crippen molar-refractivity contribution in [2.24, 2.45) is 0 Å². The molecule has 0 fully saturated rings. The fourth-order valence-electron chi connectivity index (χ4n) is 9.30. The van der Waals surface area contributed by atoms with Crippen molar-refractivity contribution in [2.75, 3.05) is 0 Å². The zero-order chi connectivity index (χ0) is 32.9. The third-order valence-corrected chi connectivity index (χ3v) is 58.7. The third kappa shape index (κ3) is 10.1. The van der Waals surface area contributed by atoms with Gasteiger partial charge in [-0.05, 0) is 0 Å². The Bertz CT molecular complexity index is 1050. The first-order chi connectivity index (χ1) is 18.6. The van der Waals surface area contributed by atoms with E-state index in [4.69, 9.17) is 0 Å². The van der Waals surface area contributed by atoms with Gasteiger partial charge in [0.1, 0.15) is 0 Å². The second-order valence-electron chi connectivity index (χ2n) is 19.4. The van der Waals surface area contributed by atoms with Crippen LogP contribution in [0.25, 0.3) is 0 Å². The molecule has 0 amide bonds. The van der Waals surface area contributed by atoms with Crippen molar-refractivity contribution in [3.8, 4) is 0 Å². The molecule has 1 aromatic carbocycles. The third-order valence-electron chi connectivity index (χ3n) is 8.78. The summed E-state index contributed by atoms with van der Waals surface area (Å²) in [5.74, 6) is 0. The van der Waals surface area contributed by atoms with Crippen LogP contribution in [0.5, 0.6) is 0 Å². The molecule has 0 saturated heterocycles.